The lowest BCUT2D eigenvalue weighted by atomic mass is 9.98. The van der Waals surface area contributed by atoms with Gasteiger partial charge in [0.1, 0.15) is 49.0 Å². The number of aliphatic hydroxyl groups excluding tert-OH is 3. The highest BCUT2D eigenvalue weighted by atomic mass is 16.7. The third-order valence-electron chi connectivity index (χ3n) is 8.76. The third-order valence-corrected chi connectivity index (χ3v) is 8.76. The van der Waals surface area contributed by atoms with Crippen molar-refractivity contribution in [3.8, 4) is 0 Å². The van der Waals surface area contributed by atoms with E-state index in [1.54, 1.807) is 6.26 Å². The molecule has 0 spiro atoms. The second-order valence-corrected chi connectivity index (χ2v) is 12.8. The molecule has 0 aromatic rings. The van der Waals surface area contributed by atoms with Gasteiger partial charge in [-0.05, 0) is 32.1 Å². The van der Waals surface area contributed by atoms with E-state index >= 15 is 0 Å². The number of ether oxygens (including phenoxy) is 10. The maximum Gasteiger partial charge on any atom is 0.229 e. The summed E-state index contributed by atoms with van der Waals surface area (Å²) in [5, 5.41) is 31.9. The van der Waals surface area contributed by atoms with E-state index in [0.29, 0.717) is 45.2 Å². The van der Waals surface area contributed by atoms with Gasteiger partial charge < -0.3 is 62.7 Å². The number of hydrogen-bond donors (Lipinski definition) is 3. The van der Waals surface area contributed by atoms with Crippen molar-refractivity contribution in [3.63, 3.8) is 0 Å². The Hall–Kier alpha value is -1.36. The van der Waals surface area contributed by atoms with E-state index in [2.05, 4.69) is 34.3 Å². The van der Waals surface area contributed by atoms with Crippen LogP contribution in [0.25, 0.3) is 0 Å². The fourth-order valence-corrected chi connectivity index (χ4v) is 5.82. The smallest absolute Gasteiger partial charge is 0.229 e. The molecular formula is C36H64O13. The first-order valence-corrected chi connectivity index (χ1v) is 18.5. The van der Waals surface area contributed by atoms with Gasteiger partial charge in [0, 0.05) is 26.4 Å². The Morgan fingerprint density at radius 1 is 0.796 bits per heavy atom. The van der Waals surface area contributed by atoms with Gasteiger partial charge in [-0.15, -0.1) is 6.58 Å². The molecule has 3 rings (SSSR count). The minimum atomic E-state index is -1.36. The summed E-state index contributed by atoms with van der Waals surface area (Å²) >= 11 is 0. The van der Waals surface area contributed by atoms with E-state index < -0.39 is 74.1 Å². The lowest BCUT2D eigenvalue weighted by Gasteiger charge is -2.46. The summed E-state index contributed by atoms with van der Waals surface area (Å²) in [6.07, 6.45) is 0.832. The van der Waals surface area contributed by atoms with Gasteiger partial charge in [-0.25, -0.2) is 0 Å². The predicted octanol–water partition coefficient (Wildman–Crippen LogP) is 3.76. The van der Waals surface area contributed by atoms with Gasteiger partial charge >= 0.3 is 0 Å². The van der Waals surface area contributed by atoms with Crippen LogP contribution in [0.2, 0.25) is 0 Å². The van der Waals surface area contributed by atoms with E-state index in [1.807, 2.05) is 0 Å². The molecule has 3 aliphatic rings. The predicted molar refractivity (Wildman–Crippen MR) is 181 cm³/mol. The molecule has 2 saturated heterocycles. The summed E-state index contributed by atoms with van der Waals surface area (Å²) in [7, 11) is 0. The van der Waals surface area contributed by atoms with Crippen LogP contribution in [0.5, 0.6) is 0 Å². The van der Waals surface area contributed by atoms with Crippen LogP contribution in [-0.4, -0.2) is 136 Å². The molecule has 2 fully saturated rings. The standard InChI is InChI=1S/C36H64O13/c1-6-11-17-40-23-27-31(25(15-21-42-27)47-35-30(39)33(43-16-10-5)29(38)26(22-37)48-35)49-36-34(45-20-14-9-4)32(44-19-13-8-3)28(24-46-36)41-18-12-7-2/h10,24-27,29-39H,5-9,11-23H2,1-4H3. The van der Waals surface area contributed by atoms with Crippen LogP contribution in [0.15, 0.2) is 24.7 Å². The minimum absolute atomic E-state index is 0.0848. The number of aliphatic hydroxyl groups is 3. The molecule has 3 aliphatic heterocycles. The summed E-state index contributed by atoms with van der Waals surface area (Å²) in [5.74, 6) is 0.566. The van der Waals surface area contributed by atoms with Crippen LogP contribution in [0.1, 0.15) is 85.5 Å². The zero-order valence-corrected chi connectivity index (χ0v) is 30.2. The molecule has 0 radical (unpaired) electrons. The van der Waals surface area contributed by atoms with E-state index in [4.69, 9.17) is 47.4 Å². The molecule has 0 aliphatic carbocycles. The summed E-state index contributed by atoms with van der Waals surface area (Å²) in [6, 6.07) is 0. The van der Waals surface area contributed by atoms with Crippen LogP contribution >= 0.6 is 0 Å². The molecule has 0 aromatic heterocycles. The van der Waals surface area contributed by atoms with E-state index in [-0.39, 0.29) is 13.2 Å². The highest BCUT2D eigenvalue weighted by Crippen LogP contribution is 2.33. The minimum Gasteiger partial charge on any atom is -0.492 e. The van der Waals surface area contributed by atoms with Crippen molar-refractivity contribution in [2.45, 2.75) is 153 Å². The van der Waals surface area contributed by atoms with Crippen molar-refractivity contribution in [1.82, 2.24) is 0 Å². The normalized spacial score (nSPS) is 33.5. The maximum atomic E-state index is 11.2. The summed E-state index contributed by atoms with van der Waals surface area (Å²) in [5.41, 5.74) is 0. The van der Waals surface area contributed by atoms with Crippen LogP contribution in [0.3, 0.4) is 0 Å². The fraction of sp³-hybridized carbons (Fsp3) is 0.889. The molecule has 11 unspecified atom stereocenters. The molecule has 3 N–H and O–H groups in total. The summed E-state index contributed by atoms with van der Waals surface area (Å²) in [4.78, 5) is 0. The summed E-state index contributed by atoms with van der Waals surface area (Å²) in [6.45, 7) is 14.3. The van der Waals surface area contributed by atoms with Crippen molar-refractivity contribution < 1.29 is 62.7 Å². The first kappa shape index (κ1) is 42.1. The van der Waals surface area contributed by atoms with E-state index in [9.17, 15) is 15.3 Å². The lowest BCUT2D eigenvalue weighted by Crippen LogP contribution is -2.62. The van der Waals surface area contributed by atoms with Crippen LogP contribution in [-0.2, 0) is 47.4 Å². The summed E-state index contributed by atoms with van der Waals surface area (Å²) < 4.78 is 62.2. The molecule has 13 nitrogen and oxygen atoms in total. The van der Waals surface area contributed by atoms with Gasteiger partial charge in [-0.1, -0.05) is 59.5 Å². The fourth-order valence-electron chi connectivity index (χ4n) is 5.82. The molecule has 286 valence electrons. The van der Waals surface area contributed by atoms with Crippen LogP contribution in [0.4, 0.5) is 0 Å². The third kappa shape index (κ3) is 13.0. The van der Waals surface area contributed by atoms with Crippen LogP contribution in [0, 0.1) is 0 Å². The first-order chi connectivity index (χ1) is 23.9. The first-order valence-electron chi connectivity index (χ1n) is 18.5. The van der Waals surface area contributed by atoms with E-state index in [0.717, 1.165) is 51.4 Å². The van der Waals surface area contributed by atoms with Crippen LogP contribution < -0.4 is 0 Å². The molecule has 0 aromatic carbocycles. The van der Waals surface area contributed by atoms with Gasteiger partial charge in [0.25, 0.3) is 0 Å². The largest absolute Gasteiger partial charge is 0.492 e. The second kappa shape index (κ2) is 24.0. The number of rotatable bonds is 25. The molecule has 0 bridgehead atoms. The zero-order valence-electron chi connectivity index (χ0n) is 30.2. The Morgan fingerprint density at radius 3 is 2.18 bits per heavy atom. The average molecular weight is 705 g/mol. The average Bonchev–Trinajstić information content (AvgIpc) is 3.10. The number of unbranched alkanes of at least 4 members (excludes halogenated alkanes) is 4. The molecule has 0 saturated carbocycles. The molecule has 3 heterocycles. The Labute approximate surface area is 293 Å². The Morgan fingerprint density at radius 2 is 1.49 bits per heavy atom. The molecule has 0 amide bonds. The Bertz CT molecular complexity index is 906. The van der Waals surface area contributed by atoms with Crippen molar-refractivity contribution in [1.29, 1.82) is 0 Å². The monoisotopic (exact) mass is 704 g/mol. The molecular weight excluding hydrogens is 640 g/mol. The van der Waals surface area contributed by atoms with Gasteiger partial charge in [0.2, 0.25) is 6.29 Å². The lowest BCUT2D eigenvalue weighted by molar-refractivity contribution is -0.343. The molecule has 13 heteroatoms. The molecule has 49 heavy (non-hydrogen) atoms. The highest BCUT2D eigenvalue weighted by Gasteiger charge is 2.50. The van der Waals surface area contributed by atoms with Crippen molar-refractivity contribution in [3.05, 3.63) is 24.7 Å². The zero-order chi connectivity index (χ0) is 35.4. The second-order valence-electron chi connectivity index (χ2n) is 12.8. The van der Waals surface area contributed by atoms with Gasteiger partial charge in [-0.2, -0.15) is 0 Å². The number of hydrogen-bond acceptors (Lipinski definition) is 13. The van der Waals surface area contributed by atoms with Crippen molar-refractivity contribution >= 4 is 0 Å². The Kier molecular flexibility index (Phi) is 20.6. The molecule has 11 atom stereocenters. The van der Waals surface area contributed by atoms with Gasteiger partial charge in [-0.3, -0.25) is 0 Å². The van der Waals surface area contributed by atoms with Gasteiger partial charge in [0.05, 0.1) is 32.5 Å². The topological polar surface area (TPSA) is 153 Å². The van der Waals surface area contributed by atoms with Crippen molar-refractivity contribution in [2.75, 3.05) is 52.9 Å². The quantitative estimate of drug-likeness (QED) is 0.0935. The van der Waals surface area contributed by atoms with Gasteiger partial charge in [0.15, 0.2) is 18.2 Å². The Balaban J connectivity index is 1.90. The highest BCUT2D eigenvalue weighted by molar-refractivity contribution is 5.06. The maximum absolute atomic E-state index is 11.2. The van der Waals surface area contributed by atoms with Crippen molar-refractivity contribution in [2.24, 2.45) is 0 Å². The SMILES string of the molecule is C=CCOC1C(O)C(CO)OC(OC2CCOC(COCCCC)C2OC2OC=C(OCCCC)C(OCCCC)C2OCCCC)C1O. The van der Waals surface area contributed by atoms with E-state index in [1.165, 1.54) is 6.08 Å².